The molecule has 1 amide bonds. The van der Waals surface area contributed by atoms with E-state index in [1.165, 1.54) is 4.90 Å². The highest BCUT2D eigenvalue weighted by Crippen LogP contribution is 2.16. The van der Waals surface area contributed by atoms with Crippen molar-refractivity contribution in [2.24, 2.45) is 0 Å². The van der Waals surface area contributed by atoms with Gasteiger partial charge in [0.25, 0.3) is 5.91 Å². The molecule has 112 valence electrons. The zero-order chi connectivity index (χ0) is 15.3. The Labute approximate surface area is 118 Å². The van der Waals surface area contributed by atoms with Crippen molar-refractivity contribution in [3.8, 4) is 0 Å². The van der Waals surface area contributed by atoms with Crippen molar-refractivity contribution in [3.63, 3.8) is 0 Å². The summed E-state index contributed by atoms with van der Waals surface area (Å²) in [6.07, 6.45) is 0.563. The standard InChI is InChI=1S/C13H21N3O4/c1-5-10-12(9(2)20-14-10)13(19)16(8-11(17)18)7-6-15(3)4/h5-8H2,1-4H3,(H,17,18). The van der Waals surface area contributed by atoms with Gasteiger partial charge in [0, 0.05) is 13.1 Å². The van der Waals surface area contributed by atoms with E-state index in [-0.39, 0.29) is 12.5 Å². The molecule has 0 fully saturated rings. The van der Waals surface area contributed by atoms with Crippen LogP contribution < -0.4 is 0 Å². The third kappa shape index (κ3) is 4.06. The second kappa shape index (κ2) is 7.04. The van der Waals surface area contributed by atoms with Gasteiger partial charge in [-0.05, 0) is 27.4 Å². The van der Waals surface area contributed by atoms with E-state index in [9.17, 15) is 9.59 Å². The topological polar surface area (TPSA) is 86.9 Å². The number of carbonyl (C=O) groups excluding carboxylic acids is 1. The van der Waals surface area contributed by atoms with Crippen molar-refractivity contribution < 1.29 is 19.2 Å². The lowest BCUT2D eigenvalue weighted by Gasteiger charge is -2.22. The van der Waals surface area contributed by atoms with E-state index in [2.05, 4.69) is 5.16 Å². The average molecular weight is 283 g/mol. The Hall–Kier alpha value is -1.89. The molecule has 7 nitrogen and oxygen atoms in total. The van der Waals surface area contributed by atoms with Crippen LogP contribution in [0.4, 0.5) is 0 Å². The molecule has 0 saturated heterocycles. The van der Waals surface area contributed by atoms with Crippen LogP contribution in [0.15, 0.2) is 4.52 Å². The van der Waals surface area contributed by atoms with E-state index < -0.39 is 5.97 Å². The van der Waals surface area contributed by atoms with Crippen molar-refractivity contribution in [1.29, 1.82) is 0 Å². The lowest BCUT2D eigenvalue weighted by atomic mass is 10.1. The van der Waals surface area contributed by atoms with E-state index in [1.54, 1.807) is 6.92 Å². The summed E-state index contributed by atoms with van der Waals surface area (Å²) in [5.74, 6) is -0.957. The van der Waals surface area contributed by atoms with E-state index >= 15 is 0 Å². The summed E-state index contributed by atoms with van der Waals surface area (Å²) in [6, 6.07) is 0. The summed E-state index contributed by atoms with van der Waals surface area (Å²) in [5, 5.41) is 12.8. The summed E-state index contributed by atoms with van der Waals surface area (Å²) >= 11 is 0. The minimum absolute atomic E-state index is 0.333. The van der Waals surface area contributed by atoms with Crippen LogP contribution in [0.3, 0.4) is 0 Å². The molecule has 0 saturated carbocycles. The molecule has 1 aromatic rings. The fraction of sp³-hybridized carbons (Fsp3) is 0.615. The Morgan fingerprint density at radius 3 is 2.45 bits per heavy atom. The molecular formula is C13H21N3O4. The first-order chi connectivity index (χ1) is 9.36. The highest BCUT2D eigenvalue weighted by Gasteiger charge is 2.25. The molecule has 20 heavy (non-hydrogen) atoms. The summed E-state index contributed by atoms with van der Waals surface area (Å²) in [7, 11) is 3.73. The first kappa shape index (κ1) is 16.2. The second-order valence-electron chi connectivity index (χ2n) is 4.84. The Morgan fingerprint density at radius 1 is 1.30 bits per heavy atom. The van der Waals surface area contributed by atoms with Gasteiger partial charge in [-0.1, -0.05) is 12.1 Å². The van der Waals surface area contributed by atoms with Crippen LogP contribution in [0, 0.1) is 6.92 Å². The molecule has 0 aliphatic heterocycles. The van der Waals surface area contributed by atoms with Gasteiger partial charge in [-0.2, -0.15) is 0 Å². The molecule has 0 atom stereocenters. The van der Waals surface area contributed by atoms with Crippen LogP contribution in [0.1, 0.15) is 28.7 Å². The van der Waals surface area contributed by atoms with Crippen molar-refractivity contribution >= 4 is 11.9 Å². The molecule has 0 bridgehead atoms. The number of rotatable bonds is 7. The van der Waals surface area contributed by atoms with Crippen molar-refractivity contribution in [2.45, 2.75) is 20.3 Å². The molecule has 0 aliphatic rings. The van der Waals surface area contributed by atoms with E-state index in [0.717, 1.165) is 0 Å². The maximum Gasteiger partial charge on any atom is 0.323 e. The maximum absolute atomic E-state index is 12.5. The van der Waals surface area contributed by atoms with Gasteiger partial charge in [0.15, 0.2) is 0 Å². The fourth-order valence-corrected chi connectivity index (χ4v) is 1.83. The zero-order valence-corrected chi connectivity index (χ0v) is 12.3. The monoisotopic (exact) mass is 283 g/mol. The number of carboxylic acids is 1. The molecule has 0 aromatic carbocycles. The van der Waals surface area contributed by atoms with Crippen LogP contribution in [-0.2, 0) is 11.2 Å². The highest BCUT2D eigenvalue weighted by atomic mass is 16.5. The predicted octanol–water partition coefficient (Wildman–Crippen LogP) is 0.634. The number of aryl methyl sites for hydroxylation is 2. The van der Waals surface area contributed by atoms with Gasteiger partial charge in [0.1, 0.15) is 17.9 Å². The molecule has 0 unspecified atom stereocenters. The summed E-state index contributed by atoms with van der Waals surface area (Å²) in [6.45, 7) is 4.12. The van der Waals surface area contributed by atoms with Crippen LogP contribution >= 0.6 is 0 Å². The van der Waals surface area contributed by atoms with Gasteiger partial charge in [0.2, 0.25) is 0 Å². The van der Waals surface area contributed by atoms with Crippen LogP contribution in [0.25, 0.3) is 0 Å². The molecule has 1 heterocycles. The Kier molecular flexibility index (Phi) is 5.69. The summed E-state index contributed by atoms with van der Waals surface area (Å²) in [5.41, 5.74) is 0.945. The number of aliphatic carboxylic acids is 1. The first-order valence-corrected chi connectivity index (χ1v) is 6.47. The lowest BCUT2D eigenvalue weighted by Crippen LogP contribution is -2.40. The van der Waals surface area contributed by atoms with E-state index in [0.29, 0.717) is 36.5 Å². The number of carbonyl (C=O) groups is 2. The van der Waals surface area contributed by atoms with Crippen molar-refractivity contribution in [2.75, 3.05) is 33.7 Å². The van der Waals surface area contributed by atoms with Gasteiger partial charge >= 0.3 is 5.97 Å². The van der Waals surface area contributed by atoms with Crippen molar-refractivity contribution in [3.05, 3.63) is 17.0 Å². The zero-order valence-electron chi connectivity index (χ0n) is 12.3. The quantitative estimate of drug-likeness (QED) is 0.790. The Balaban J connectivity index is 2.96. The Bertz CT molecular complexity index is 482. The van der Waals surface area contributed by atoms with Crippen molar-refractivity contribution in [1.82, 2.24) is 15.0 Å². The minimum atomic E-state index is -1.04. The number of amides is 1. The number of carboxylic acid groups (broad SMARTS) is 1. The second-order valence-corrected chi connectivity index (χ2v) is 4.84. The summed E-state index contributed by atoms with van der Waals surface area (Å²) < 4.78 is 5.03. The fourth-order valence-electron chi connectivity index (χ4n) is 1.83. The van der Waals surface area contributed by atoms with Gasteiger partial charge in [-0.25, -0.2) is 0 Å². The highest BCUT2D eigenvalue weighted by molar-refractivity contribution is 5.97. The summed E-state index contributed by atoms with van der Waals surface area (Å²) in [4.78, 5) is 26.6. The average Bonchev–Trinajstić information content (AvgIpc) is 2.74. The molecule has 7 heteroatoms. The van der Waals surface area contributed by atoms with Gasteiger partial charge in [0.05, 0.1) is 5.69 Å². The van der Waals surface area contributed by atoms with Crippen LogP contribution in [0.5, 0.6) is 0 Å². The van der Waals surface area contributed by atoms with Gasteiger partial charge < -0.3 is 19.4 Å². The number of aromatic nitrogens is 1. The smallest absolute Gasteiger partial charge is 0.323 e. The molecule has 1 aromatic heterocycles. The third-order valence-electron chi connectivity index (χ3n) is 2.91. The lowest BCUT2D eigenvalue weighted by molar-refractivity contribution is -0.137. The third-order valence-corrected chi connectivity index (χ3v) is 2.91. The molecule has 1 N–H and O–H groups in total. The molecule has 0 radical (unpaired) electrons. The number of nitrogens with zero attached hydrogens (tertiary/aromatic N) is 3. The molecule has 0 spiro atoms. The number of hydrogen-bond acceptors (Lipinski definition) is 5. The number of hydrogen-bond donors (Lipinski definition) is 1. The maximum atomic E-state index is 12.5. The molecule has 1 rings (SSSR count). The SMILES string of the molecule is CCc1noc(C)c1C(=O)N(CCN(C)C)CC(=O)O. The van der Waals surface area contributed by atoms with Crippen LogP contribution in [0.2, 0.25) is 0 Å². The normalized spacial score (nSPS) is 10.8. The number of likely N-dealkylation sites (N-methyl/N-ethyl adjacent to an activating group) is 1. The first-order valence-electron chi connectivity index (χ1n) is 6.47. The molecular weight excluding hydrogens is 262 g/mol. The van der Waals surface area contributed by atoms with E-state index in [1.807, 2.05) is 25.9 Å². The minimum Gasteiger partial charge on any atom is -0.480 e. The Morgan fingerprint density at radius 2 is 1.95 bits per heavy atom. The van der Waals surface area contributed by atoms with Gasteiger partial charge in [-0.3, -0.25) is 9.59 Å². The van der Waals surface area contributed by atoms with Crippen LogP contribution in [-0.4, -0.2) is 65.7 Å². The predicted molar refractivity (Wildman–Crippen MR) is 72.7 cm³/mol. The molecule has 0 aliphatic carbocycles. The van der Waals surface area contributed by atoms with Gasteiger partial charge in [-0.15, -0.1) is 0 Å². The largest absolute Gasteiger partial charge is 0.480 e. The van der Waals surface area contributed by atoms with E-state index in [4.69, 9.17) is 9.63 Å².